The van der Waals surface area contributed by atoms with Gasteiger partial charge in [-0.15, -0.1) is 0 Å². The van der Waals surface area contributed by atoms with E-state index in [9.17, 15) is 14.4 Å². The Kier molecular flexibility index (Phi) is 4.04. The molecule has 1 N–H and O–H groups in total. The van der Waals surface area contributed by atoms with Gasteiger partial charge in [0.15, 0.2) is 11.5 Å². The molecule has 2 aromatic carbocycles. The Morgan fingerprint density at radius 3 is 2.58 bits per heavy atom. The summed E-state index contributed by atoms with van der Waals surface area (Å²) in [6, 6.07) is 12.0. The number of nitrogens with zero attached hydrogens (tertiary/aromatic N) is 1. The van der Waals surface area contributed by atoms with Crippen molar-refractivity contribution in [2.24, 2.45) is 0 Å². The number of ether oxygens (including phenoxy) is 2. The van der Waals surface area contributed by atoms with Gasteiger partial charge in [0.05, 0.1) is 5.69 Å². The van der Waals surface area contributed by atoms with Gasteiger partial charge < -0.3 is 14.8 Å². The first-order valence-corrected chi connectivity index (χ1v) is 8.24. The largest absolute Gasteiger partial charge is 0.454 e. The highest BCUT2D eigenvalue weighted by Crippen LogP contribution is 2.32. The fraction of sp³-hybridized carbons (Fsp3) is 0.211. The van der Waals surface area contributed by atoms with Crippen LogP contribution in [0.1, 0.15) is 28.8 Å². The number of amides is 3. The molecule has 4 rings (SSSR count). The van der Waals surface area contributed by atoms with Gasteiger partial charge in [-0.1, -0.05) is 12.1 Å². The number of imide groups is 1. The molecule has 0 unspecified atom stereocenters. The van der Waals surface area contributed by atoms with Gasteiger partial charge in [0.1, 0.15) is 0 Å². The predicted molar refractivity (Wildman–Crippen MR) is 91.9 cm³/mol. The second-order valence-corrected chi connectivity index (χ2v) is 6.04. The van der Waals surface area contributed by atoms with Crippen LogP contribution in [0.5, 0.6) is 11.5 Å². The van der Waals surface area contributed by atoms with Crippen LogP contribution < -0.4 is 19.7 Å². The number of hydrogen-bond acceptors (Lipinski definition) is 5. The lowest BCUT2D eigenvalue weighted by molar-refractivity contribution is -0.121. The molecule has 0 radical (unpaired) electrons. The monoisotopic (exact) mass is 352 g/mol. The van der Waals surface area contributed by atoms with Crippen LogP contribution in [0.15, 0.2) is 42.5 Å². The van der Waals surface area contributed by atoms with Crippen LogP contribution >= 0.6 is 0 Å². The van der Waals surface area contributed by atoms with E-state index in [0.29, 0.717) is 29.3 Å². The Bertz CT molecular complexity index is 893. The second kappa shape index (κ2) is 6.51. The molecule has 0 atom stereocenters. The summed E-state index contributed by atoms with van der Waals surface area (Å²) in [6.45, 7) is 0.521. The molecule has 2 aromatic rings. The Morgan fingerprint density at radius 1 is 1.00 bits per heavy atom. The zero-order valence-corrected chi connectivity index (χ0v) is 13.9. The molecule has 0 aromatic heterocycles. The lowest BCUT2D eigenvalue weighted by atomic mass is 10.1. The van der Waals surface area contributed by atoms with E-state index in [1.54, 1.807) is 30.3 Å². The van der Waals surface area contributed by atoms with E-state index < -0.39 is 0 Å². The molecule has 0 bridgehead atoms. The summed E-state index contributed by atoms with van der Waals surface area (Å²) >= 11 is 0. The third-order valence-corrected chi connectivity index (χ3v) is 4.31. The Hall–Kier alpha value is -3.35. The summed E-state index contributed by atoms with van der Waals surface area (Å²) < 4.78 is 10.6. The van der Waals surface area contributed by atoms with Crippen LogP contribution in [-0.2, 0) is 16.1 Å². The number of rotatable bonds is 4. The summed E-state index contributed by atoms with van der Waals surface area (Å²) in [4.78, 5) is 37.3. The first-order chi connectivity index (χ1) is 12.6. The number of carbonyl (C=O) groups is 3. The van der Waals surface area contributed by atoms with Crippen molar-refractivity contribution in [2.45, 2.75) is 19.4 Å². The van der Waals surface area contributed by atoms with Gasteiger partial charge in [0, 0.05) is 24.9 Å². The van der Waals surface area contributed by atoms with E-state index in [4.69, 9.17) is 9.47 Å². The maximum Gasteiger partial charge on any atom is 0.251 e. The minimum atomic E-state index is -0.288. The first kappa shape index (κ1) is 16.1. The first-order valence-electron chi connectivity index (χ1n) is 8.24. The molecule has 7 heteroatoms. The van der Waals surface area contributed by atoms with Gasteiger partial charge in [-0.25, -0.2) is 0 Å². The van der Waals surface area contributed by atoms with Crippen molar-refractivity contribution < 1.29 is 23.9 Å². The van der Waals surface area contributed by atoms with Crippen molar-refractivity contribution in [3.05, 3.63) is 53.6 Å². The zero-order valence-electron chi connectivity index (χ0n) is 13.9. The fourth-order valence-corrected chi connectivity index (χ4v) is 2.99. The van der Waals surface area contributed by atoms with Crippen LogP contribution in [0.3, 0.4) is 0 Å². The van der Waals surface area contributed by atoms with Gasteiger partial charge in [0.2, 0.25) is 18.6 Å². The summed E-state index contributed by atoms with van der Waals surface area (Å²) in [5.74, 6) is 0.571. The number of benzene rings is 2. The maximum absolute atomic E-state index is 12.4. The molecular weight excluding hydrogens is 336 g/mol. The summed E-state index contributed by atoms with van der Waals surface area (Å²) in [7, 11) is 0. The standard InChI is InChI=1S/C19H16N2O5/c22-17-6-7-18(23)21(17)14-3-1-2-13(9-14)19(24)20-10-12-4-5-15-16(8-12)26-11-25-15/h1-5,8-9H,6-7,10-11H2,(H,20,24). The number of fused-ring (bicyclic) bond motifs is 1. The smallest absolute Gasteiger partial charge is 0.251 e. The van der Waals surface area contributed by atoms with Gasteiger partial charge >= 0.3 is 0 Å². The minimum Gasteiger partial charge on any atom is -0.454 e. The molecule has 132 valence electrons. The SMILES string of the molecule is O=C(NCc1ccc2c(c1)OCO2)c1cccc(N2C(=O)CCC2=O)c1. The quantitative estimate of drug-likeness (QED) is 0.851. The number of nitrogens with one attached hydrogen (secondary N) is 1. The topological polar surface area (TPSA) is 84.9 Å². The van der Waals surface area contributed by atoms with Crippen molar-refractivity contribution in [3.63, 3.8) is 0 Å². The summed E-state index contributed by atoms with van der Waals surface area (Å²) in [5, 5.41) is 2.82. The number of hydrogen-bond donors (Lipinski definition) is 1. The molecule has 2 aliphatic rings. The molecule has 1 saturated heterocycles. The molecule has 2 heterocycles. The molecule has 1 fully saturated rings. The Morgan fingerprint density at radius 2 is 1.77 bits per heavy atom. The minimum absolute atomic E-state index is 0.200. The Balaban J connectivity index is 1.46. The predicted octanol–water partition coefficient (Wildman–Crippen LogP) is 2.00. The van der Waals surface area contributed by atoms with Gasteiger partial charge in [0.25, 0.3) is 5.91 Å². The molecular formula is C19H16N2O5. The number of anilines is 1. The van der Waals surface area contributed by atoms with Gasteiger partial charge in [-0.05, 0) is 35.9 Å². The van der Waals surface area contributed by atoms with Crippen LogP contribution in [0, 0.1) is 0 Å². The van der Waals surface area contributed by atoms with Gasteiger partial charge in [-0.3, -0.25) is 19.3 Å². The van der Waals surface area contributed by atoms with Crippen LogP contribution in [-0.4, -0.2) is 24.5 Å². The molecule has 2 aliphatic heterocycles. The van der Waals surface area contributed by atoms with Crippen LogP contribution in [0.4, 0.5) is 5.69 Å². The van der Waals surface area contributed by atoms with E-state index in [2.05, 4.69) is 5.32 Å². The highest BCUT2D eigenvalue weighted by molar-refractivity contribution is 6.20. The third-order valence-electron chi connectivity index (χ3n) is 4.31. The van der Waals surface area contributed by atoms with E-state index in [-0.39, 0.29) is 37.4 Å². The average molecular weight is 352 g/mol. The number of carbonyl (C=O) groups excluding carboxylic acids is 3. The second-order valence-electron chi connectivity index (χ2n) is 6.04. The van der Waals surface area contributed by atoms with Crippen molar-refractivity contribution in [2.75, 3.05) is 11.7 Å². The van der Waals surface area contributed by atoms with Crippen LogP contribution in [0.2, 0.25) is 0 Å². The van der Waals surface area contributed by atoms with E-state index >= 15 is 0 Å². The Labute approximate surface area is 149 Å². The molecule has 0 spiro atoms. The average Bonchev–Trinajstić information content (AvgIpc) is 3.25. The third kappa shape index (κ3) is 2.99. The summed E-state index contributed by atoms with van der Waals surface area (Å²) in [6.07, 6.45) is 0.415. The van der Waals surface area contributed by atoms with E-state index in [0.717, 1.165) is 10.5 Å². The maximum atomic E-state index is 12.4. The lowest BCUT2D eigenvalue weighted by Crippen LogP contribution is -2.29. The van der Waals surface area contributed by atoms with E-state index in [1.165, 1.54) is 0 Å². The van der Waals surface area contributed by atoms with Crippen LogP contribution in [0.25, 0.3) is 0 Å². The molecule has 0 saturated carbocycles. The normalized spacial score (nSPS) is 15.5. The van der Waals surface area contributed by atoms with Gasteiger partial charge in [-0.2, -0.15) is 0 Å². The summed E-state index contributed by atoms with van der Waals surface area (Å²) in [5.41, 5.74) is 1.69. The highest BCUT2D eigenvalue weighted by Gasteiger charge is 2.30. The molecule has 3 amide bonds. The molecule has 7 nitrogen and oxygen atoms in total. The van der Waals surface area contributed by atoms with Crippen molar-refractivity contribution in [3.8, 4) is 11.5 Å². The van der Waals surface area contributed by atoms with Crippen molar-refractivity contribution >= 4 is 23.4 Å². The zero-order chi connectivity index (χ0) is 18.1. The molecule has 0 aliphatic carbocycles. The fourth-order valence-electron chi connectivity index (χ4n) is 2.99. The lowest BCUT2D eigenvalue weighted by Gasteiger charge is -2.15. The highest BCUT2D eigenvalue weighted by atomic mass is 16.7. The molecule has 26 heavy (non-hydrogen) atoms. The van der Waals surface area contributed by atoms with Crippen molar-refractivity contribution in [1.82, 2.24) is 5.32 Å². The van der Waals surface area contributed by atoms with E-state index in [1.807, 2.05) is 12.1 Å². The van der Waals surface area contributed by atoms with Crippen molar-refractivity contribution in [1.29, 1.82) is 0 Å².